The number of amides is 7. The molecule has 6 aliphatic rings. The lowest BCUT2D eigenvalue weighted by molar-refractivity contribution is -0.156. The van der Waals surface area contributed by atoms with Crippen molar-refractivity contribution in [1.29, 1.82) is 0 Å². The number of benzene rings is 2. The minimum Gasteiger partial charge on any atom is -0.444 e. The molecule has 21 heteroatoms. The van der Waals surface area contributed by atoms with Gasteiger partial charge in [-0.25, -0.2) is 4.79 Å². The van der Waals surface area contributed by atoms with Gasteiger partial charge in [-0.05, 0) is 119 Å². The SMILES string of the molecule is C.CC.CC[C@@H](C)C(=O)N[C@H]1CCO[C@H]2CC(C)(C)[C@@H](C(=O)N[C@@H]3CCCc4ccccc43)N2C1=O.C[C@@H](C(=O)N[C@H]1CCO[C@H]2CC(C)(C)[C@@H](C(=O)N[C@@H]3CCCc4ccccc43)N2C1=O)N(C)C(=O)OC(C)(C)C.[2H]C(=O)C(F)(F)F. The van der Waals surface area contributed by atoms with Crippen LogP contribution in [-0.2, 0) is 60.6 Å². The van der Waals surface area contributed by atoms with Crippen LogP contribution in [0.2, 0.25) is 0 Å². The van der Waals surface area contributed by atoms with Gasteiger partial charge >= 0.3 is 12.3 Å². The number of rotatable bonds is 10. The number of halogens is 3. The maximum absolute atomic E-state index is 13.9. The van der Waals surface area contributed by atoms with Gasteiger partial charge in [0.25, 0.3) is 0 Å². The molecule has 7 amide bonds. The molecule has 4 saturated heterocycles. The highest BCUT2D eigenvalue weighted by atomic mass is 19.4. The number of carbonyl (C=O) groups excluding carboxylic acids is 8. The average Bonchev–Trinajstić information content (AvgIpc) is 2.08. The van der Waals surface area contributed by atoms with Crippen molar-refractivity contribution in [2.24, 2.45) is 16.7 Å². The topological polar surface area (TPSA) is 222 Å². The Morgan fingerprint density at radius 2 is 1.11 bits per heavy atom. The molecule has 4 N–H and O–H groups in total. The Morgan fingerprint density at radius 3 is 1.49 bits per heavy atom. The Balaban J connectivity index is 0.000000312. The number of likely N-dealkylation sites (N-methyl/N-ethyl adjacent to an activating group) is 1. The molecule has 0 spiro atoms. The first-order valence-corrected chi connectivity index (χ1v) is 28.6. The molecule has 458 valence electrons. The van der Waals surface area contributed by atoms with Crippen molar-refractivity contribution in [3.05, 3.63) is 70.8 Å². The molecule has 0 bridgehead atoms. The summed E-state index contributed by atoms with van der Waals surface area (Å²) >= 11 is 0. The minimum absolute atomic E-state index is 0. The quantitative estimate of drug-likeness (QED) is 0.165. The van der Waals surface area contributed by atoms with E-state index in [9.17, 15) is 46.7 Å². The Bertz CT molecular complexity index is 2610. The van der Waals surface area contributed by atoms with E-state index in [2.05, 4.69) is 45.5 Å². The van der Waals surface area contributed by atoms with Gasteiger partial charge in [0.1, 0.15) is 49.6 Å². The van der Waals surface area contributed by atoms with Crippen LogP contribution in [0, 0.1) is 16.7 Å². The first-order chi connectivity index (χ1) is 38.4. The largest absolute Gasteiger partial charge is 0.446 e. The van der Waals surface area contributed by atoms with Gasteiger partial charge < -0.3 is 45.3 Å². The monoisotopic (exact) mass is 1160 g/mol. The summed E-state index contributed by atoms with van der Waals surface area (Å²) < 4.78 is 54.9. The number of hydrogen-bond acceptors (Lipinski definition) is 11. The van der Waals surface area contributed by atoms with Crippen molar-refractivity contribution in [3.8, 4) is 0 Å². The number of carbonyl (C=O) groups is 8. The van der Waals surface area contributed by atoms with E-state index in [-0.39, 0.29) is 68.0 Å². The molecule has 0 radical (unpaired) electrons. The fourth-order valence-corrected chi connectivity index (χ4v) is 11.5. The molecule has 2 aromatic rings. The van der Waals surface area contributed by atoms with Crippen molar-refractivity contribution in [1.82, 2.24) is 36.0 Å². The van der Waals surface area contributed by atoms with Gasteiger partial charge in [0, 0.05) is 25.8 Å². The van der Waals surface area contributed by atoms with E-state index < -0.39 is 83.5 Å². The Hall–Kier alpha value is -6.09. The molecular weight excluding hydrogens is 1060 g/mol. The summed E-state index contributed by atoms with van der Waals surface area (Å²) in [5.74, 6) is -1.71. The Kier molecular flexibility index (Phi) is 23.5. The van der Waals surface area contributed by atoms with E-state index in [1.807, 2.05) is 79.7 Å². The zero-order chi connectivity index (χ0) is 61.2. The molecule has 0 saturated carbocycles. The molecule has 4 fully saturated rings. The van der Waals surface area contributed by atoms with E-state index in [1.54, 1.807) is 32.6 Å². The highest BCUT2D eigenvalue weighted by Gasteiger charge is 2.57. The number of hydrogen-bond donors (Lipinski definition) is 4. The van der Waals surface area contributed by atoms with Gasteiger partial charge in [-0.1, -0.05) is 111 Å². The highest BCUT2D eigenvalue weighted by Crippen LogP contribution is 2.45. The lowest BCUT2D eigenvalue weighted by Gasteiger charge is -2.36. The molecule has 8 rings (SSSR count). The second-order valence-electron chi connectivity index (χ2n) is 24.0. The average molecular weight is 1160 g/mol. The fourth-order valence-electron chi connectivity index (χ4n) is 11.5. The smallest absolute Gasteiger partial charge is 0.444 e. The van der Waals surface area contributed by atoms with E-state index in [1.165, 1.54) is 33.5 Å². The normalized spacial score (nSPS) is 25.9. The molecule has 82 heavy (non-hydrogen) atoms. The summed E-state index contributed by atoms with van der Waals surface area (Å²) in [7, 11) is 1.49. The highest BCUT2D eigenvalue weighted by molar-refractivity contribution is 5.96. The van der Waals surface area contributed by atoms with Crippen molar-refractivity contribution in [3.63, 3.8) is 0 Å². The maximum atomic E-state index is 13.9. The second kappa shape index (κ2) is 28.9. The summed E-state index contributed by atoms with van der Waals surface area (Å²) in [6.07, 6.45) is -0.892. The molecule has 0 unspecified atom stereocenters. The zero-order valence-corrected chi connectivity index (χ0v) is 49.6. The Morgan fingerprint density at radius 1 is 0.720 bits per heavy atom. The third-order valence-electron chi connectivity index (χ3n) is 15.9. The number of aryl methyl sites for hydroxylation is 2. The summed E-state index contributed by atoms with van der Waals surface area (Å²) in [6.45, 7) is 23.3. The standard InChI is InChI=1S/C30H44N4O6.C26H37N3O4.C2HF3O.C2H6.CH4/c1-18(33(7)28(38)40-29(2,3)4)25(35)32-22-15-16-39-23-17-30(5,6)24(34(23)27(22)37)26(36)31-21-14-10-12-19-11-8-9-13-20(19)21;1-5-16(2)23(30)28-20-13-14-33-21-15-26(3,4)22(29(21)25(20)32)24(31)27-19-12-8-10-17-9-6-7-11-18(17)19;3-2(4,5)1-6;1-2;/h8-9,11,13,18,21-24H,10,12,14-17H2,1-7H3,(H,31,36)(H,32,35);6-7,9,11,16,19-22H,5,8,10,12-15H2,1-4H3,(H,27,31)(H,28,30);1H;1-2H3;1H4/t18-,21+,22-,23-,24+;16-,19-,20+,21+,22-;;;/m01.../s1/i;;1D;;. The molecule has 0 aromatic heterocycles. The summed E-state index contributed by atoms with van der Waals surface area (Å²) in [6, 6.07) is 12.4. The molecule has 2 aliphatic carbocycles. The molecule has 4 aliphatic heterocycles. The third-order valence-corrected chi connectivity index (χ3v) is 15.9. The van der Waals surface area contributed by atoms with Crippen LogP contribution in [0.4, 0.5) is 18.0 Å². The van der Waals surface area contributed by atoms with Crippen LogP contribution in [0.3, 0.4) is 0 Å². The van der Waals surface area contributed by atoms with Crippen LogP contribution in [0.25, 0.3) is 0 Å². The molecule has 4 heterocycles. The molecule has 10 atom stereocenters. The third kappa shape index (κ3) is 17.0. The van der Waals surface area contributed by atoms with E-state index in [4.69, 9.17) is 20.4 Å². The predicted octanol–water partition coefficient (Wildman–Crippen LogP) is 8.79. The van der Waals surface area contributed by atoms with E-state index >= 15 is 0 Å². The molecule has 2 aromatic carbocycles. The van der Waals surface area contributed by atoms with Crippen molar-refractivity contribution < 1.29 is 67.1 Å². The lowest BCUT2D eigenvalue weighted by Crippen LogP contribution is -2.58. The first kappa shape index (κ1) is 66.7. The number of nitrogens with one attached hydrogen (secondary N) is 4. The van der Waals surface area contributed by atoms with Gasteiger partial charge in [-0.15, -0.1) is 0 Å². The summed E-state index contributed by atoms with van der Waals surface area (Å²) in [4.78, 5) is 107. The fraction of sp³-hybridized carbons (Fsp3) is 0.672. The van der Waals surface area contributed by atoms with E-state index in [0.717, 1.165) is 44.1 Å². The van der Waals surface area contributed by atoms with Crippen LogP contribution < -0.4 is 21.3 Å². The Labute approximate surface area is 484 Å². The second-order valence-corrected chi connectivity index (χ2v) is 24.0. The van der Waals surface area contributed by atoms with Gasteiger partial charge in [0.05, 0.1) is 25.3 Å². The minimum atomic E-state index is -4.97. The van der Waals surface area contributed by atoms with Crippen molar-refractivity contribution >= 4 is 47.8 Å². The maximum Gasteiger partial charge on any atom is 0.446 e. The van der Waals surface area contributed by atoms with E-state index in [0.29, 0.717) is 32.3 Å². The van der Waals surface area contributed by atoms with Gasteiger partial charge in [0.15, 0.2) is 0 Å². The summed E-state index contributed by atoms with van der Waals surface area (Å²) in [5.41, 5.74) is 3.13. The van der Waals surface area contributed by atoms with Gasteiger partial charge in [0.2, 0.25) is 41.7 Å². The number of ether oxygens (including phenoxy) is 3. The van der Waals surface area contributed by atoms with Crippen LogP contribution in [0.15, 0.2) is 48.5 Å². The van der Waals surface area contributed by atoms with Gasteiger partial charge in [-0.2, -0.15) is 13.2 Å². The van der Waals surface area contributed by atoms with Crippen molar-refractivity contribution in [2.45, 2.75) is 228 Å². The first-order valence-electron chi connectivity index (χ1n) is 29.1. The zero-order valence-electron chi connectivity index (χ0n) is 50.6. The number of aldehydes is 1. The number of alkyl halides is 3. The molecular formula is C61H92F3N7O11. The summed E-state index contributed by atoms with van der Waals surface area (Å²) in [5, 5.41) is 12.2. The van der Waals surface area contributed by atoms with Crippen LogP contribution >= 0.6 is 0 Å². The van der Waals surface area contributed by atoms with Crippen molar-refractivity contribution in [2.75, 3.05) is 20.3 Å². The number of nitrogens with zero attached hydrogens (tertiary/aromatic N) is 3. The lowest BCUT2D eigenvalue weighted by atomic mass is 9.82. The molecule has 18 nitrogen and oxygen atoms in total. The number of fused-ring (bicyclic) bond motifs is 4. The predicted molar refractivity (Wildman–Crippen MR) is 304 cm³/mol. The van der Waals surface area contributed by atoms with Crippen LogP contribution in [0.5, 0.6) is 0 Å². The van der Waals surface area contributed by atoms with Crippen LogP contribution in [-0.4, -0.2) is 137 Å². The van der Waals surface area contributed by atoms with Crippen LogP contribution in [0.1, 0.15) is 184 Å². The van der Waals surface area contributed by atoms with Gasteiger partial charge in [-0.3, -0.25) is 38.5 Å².